The Morgan fingerprint density at radius 2 is 1.33 bits per heavy atom. The van der Waals surface area contributed by atoms with Crippen molar-refractivity contribution in [3.05, 3.63) is 120 Å². The highest BCUT2D eigenvalue weighted by Crippen LogP contribution is 2.32. The van der Waals surface area contributed by atoms with Crippen molar-refractivity contribution < 1.29 is 27.9 Å². The smallest absolute Gasteiger partial charge is 0.416 e. The third-order valence-electron chi connectivity index (χ3n) is 6.85. The lowest BCUT2D eigenvalue weighted by molar-refractivity contribution is -0.137. The van der Waals surface area contributed by atoms with E-state index in [1.54, 1.807) is 79.2 Å². The molecule has 7 nitrogen and oxygen atoms in total. The Hall–Kier alpha value is -5.38. The van der Waals surface area contributed by atoms with Crippen LogP contribution in [0.1, 0.15) is 32.2 Å². The van der Waals surface area contributed by atoms with Crippen LogP contribution in [0, 0.1) is 6.92 Å². The summed E-state index contributed by atoms with van der Waals surface area (Å²) in [5.74, 6) is -0.585. The number of phenols is 1. The zero-order valence-corrected chi connectivity index (χ0v) is 22.5. The number of hydrogen-bond donors (Lipinski definition) is 3. The normalized spacial score (nSPS) is 11.3. The number of amides is 2. The number of nitrogens with zero attached hydrogens (tertiary/aromatic N) is 2. The fraction of sp³-hybridized carbons (Fsp3) is 0.0938. The molecule has 0 aliphatic heterocycles. The monoisotopic (exact) mass is 570 g/mol. The van der Waals surface area contributed by atoms with E-state index in [0.717, 1.165) is 23.3 Å². The van der Waals surface area contributed by atoms with Crippen LogP contribution in [0.4, 0.5) is 24.7 Å². The Morgan fingerprint density at radius 1 is 0.762 bits per heavy atom. The van der Waals surface area contributed by atoms with E-state index < -0.39 is 23.6 Å². The summed E-state index contributed by atoms with van der Waals surface area (Å²) in [5.41, 5.74) is 3.24. The van der Waals surface area contributed by atoms with E-state index >= 15 is 0 Å². The van der Waals surface area contributed by atoms with Crippen molar-refractivity contribution in [3.8, 4) is 28.0 Å². The molecule has 0 aliphatic rings. The second-order valence-electron chi connectivity index (χ2n) is 9.58. The summed E-state index contributed by atoms with van der Waals surface area (Å²) in [5, 5.41) is 15.0. The lowest BCUT2D eigenvalue weighted by Gasteiger charge is -2.11. The van der Waals surface area contributed by atoms with Gasteiger partial charge >= 0.3 is 6.18 Å². The summed E-state index contributed by atoms with van der Waals surface area (Å²) >= 11 is 0. The van der Waals surface area contributed by atoms with Gasteiger partial charge in [-0.15, -0.1) is 0 Å². The van der Waals surface area contributed by atoms with Crippen LogP contribution in [0.5, 0.6) is 5.75 Å². The number of carbonyl (C=O) groups excluding carboxylic acids is 2. The average molecular weight is 571 g/mol. The van der Waals surface area contributed by atoms with Crippen molar-refractivity contribution >= 4 is 23.3 Å². The topological polar surface area (TPSA) is 96.2 Å². The van der Waals surface area contributed by atoms with Crippen molar-refractivity contribution in [1.29, 1.82) is 0 Å². The summed E-state index contributed by atoms with van der Waals surface area (Å²) in [4.78, 5) is 30.7. The van der Waals surface area contributed by atoms with Crippen LogP contribution >= 0.6 is 0 Å². The van der Waals surface area contributed by atoms with Gasteiger partial charge in [-0.1, -0.05) is 54.6 Å². The Bertz CT molecular complexity index is 1760. The molecule has 0 unspecified atom stereocenters. The predicted molar refractivity (Wildman–Crippen MR) is 154 cm³/mol. The van der Waals surface area contributed by atoms with Gasteiger partial charge in [-0.2, -0.15) is 13.2 Å². The van der Waals surface area contributed by atoms with E-state index in [4.69, 9.17) is 0 Å². The molecule has 212 valence electrons. The largest absolute Gasteiger partial charge is 0.508 e. The van der Waals surface area contributed by atoms with Gasteiger partial charge in [-0.05, 0) is 71.6 Å². The highest BCUT2D eigenvalue weighted by molar-refractivity contribution is 6.09. The number of alkyl halides is 3. The molecule has 0 atom stereocenters. The van der Waals surface area contributed by atoms with Gasteiger partial charge in [-0.25, -0.2) is 4.98 Å². The van der Waals surface area contributed by atoms with Crippen LogP contribution in [-0.2, 0) is 13.2 Å². The summed E-state index contributed by atoms with van der Waals surface area (Å²) in [6.07, 6.45) is -4.47. The average Bonchev–Trinajstić information content (AvgIpc) is 3.26. The Labute approximate surface area is 239 Å². The number of rotatable bonds is 6. The number of benzene rings is 4. The number of nitrogens with one attached hydrogen (secondary N) is 2. The quantitative estimate of drug-likeness (QED) is 0.200. The third-order valence-corrected chi connectivity index (χ3v) is 6.85. The molecule has 2 amide bonds. The molecule has 10 heteroatoms. The molecule has 4 aromatic carbocycles. The Morgan fingerprint density at radius 3 is 1.95 bits per heavy atom. The molecular weight excluding hydrogens is 545 g/mol. The van der Waals surface area contributed by atoms with Crippen molar-refractivity contribution in [2.24, 2.45) is 7.05 Å². The fourth-order valence-electron chi connectivity index (χ4n) is 4.43. The maximum Gasteiger partial charge on any atom is 0.416 e. The molecule has 1 aromatic heterocycles. The number of carbonyl (C=O) groups is 2. The van der Waals surface area contributed by atoms with Gasteiger partial charge in [0.2, 0.25) is 5.82 Å². The minimum absolute atomic E-state index is 0.0708. The lowest BCUT2D eigenvalue weighted by Crippen LogP contribution is -2.17. The van der Waals surface area contributed by atoms with Gasteiger partial charge in [-0.3, -0.25) is 9.59 Å². The van der Waals surface area contributed by atoms with Crippen LogP contribution in [-0.4, -0.2) is 26.5 Å². The molecule has 5 aromatic rings. The Balaban J connectivity index is 1.32. The molecule has 42 heavy (non-hydrogen) atoms. The van der Waals surface area contributed by atoms with E-state index in [1.165, 1.54) is 12.1 Å². The summed E-state index contributed by atoms with van der Waals surface area (Å²) in [7, 11) is 1.65. The van der Waals surface area contributed by atoms with Crippen molar-refractivity contribution in [3.63, 3.8) is 0 Å². The van der Waals surface area contributed by atoms with Crippen LogP contribution in [0.3, 0.4) is 0 Å². The number of aromatic nitrogens is 2. The number of aromatic hydroxyl groups is 1. The summed E-state index contributed by atoms with van der Waals surface area (Å²) < 4.78 is 40.6. The molecule has 0 fully saturated rings. The molecule has 0 radical (unpaired) electrons. The first kappa shape index (κ1) is 28.2. The number of hydrogen-bond acceptors (Lipinski definition) is 4. The number of imidazole rings is 1. The summed E-state index contributed by atoms with van der Waals surface area (Å²) in [6, 6.07) is 25.1. The second-order valence-corrected chi connectivity index (χ2v) is 9.58. The van der Waals surface area contributed by atoms with Gasteiger partial charge in [0.25, 0.3) is 11.8 Å². The highest BCUT2D eigenvalue weighted by Gasteiger charge is 2.30. The first-order valence-corrected chi connectivity index (χ1v) is 12.8. The van der Waals surface area contributed by atoms with Crippen molar-refractivity contribution in [2.75, 3.05) is 10.6 Å². The number of phenolic OH excluding ortho intramolecular Hbond substituents is 1. The van der Waals surface area contributed by atoms with E-state index in [9.17, 15) is 27.9 Å². The molecule has 3 N–H and O–H groups in total. The van der Waals surface area contributed by atoms with Crippen LogP contribution in [0.15, 0.2) is 97.1 Å². The molecule has 0 saturated carbocycles. The van der Waals surface area contributed by atoms with Crippen LogP contribution < -0.4 is 10.6 Å². The second kappa shape index (κ2) is 11.2. The van der Waals surface area contributed by atoms with Gasteiger partial charge in [0.15, 0.2) is 5.82 Å². The molecular formula is C32H25F3N4O3. The molecule has 0 bridgehead atoms. The van der Waals surface area contributed by atoms with E-state index in [1.807, 2.05) is 12.1 Å². The Kier molecular flexibility index (Phi) is 7.54. The van der Waals surface area contributed by atoms with Gasteiger partial charge < -0.3 is 20.3 Å². The molecule has 0 spiro atoms. The SMILES string of the molecule is Cc1c(NC(=O)c2ccccc2-c2ccc(C(F)(F)F)cc2)nc(C(=O)Nc2ccc(-c3ccc(O)cc3)cc2)n1C. The highest BCUT2D eigenvalue weighted by atomic mass is 19.4. The van der Waals surface area contributed by atoms with E-state index in [2.05, 4.69) is 15.6 Å². The third kappa shape index (κ3) is 5.87. The van der Waals surface area contributed by atoms with Gasteiger partial charge in [0.05, 0.1) is 11.3 Å². The first-order chi connectivity index (χ1) is 20.0. The lowest BCUT2D eigenvalue weighted by atomic mass is 9.98. The summed E-state index contributed by atoms with van der Waals surface area (Å²) in [6.45, 7) is 1.70. The van der Waals surface area contributed by atoms with Crippen molar-refractivity contribution in [2.45, 2.75) is 13.1 Å². The van der Waals surface area contributed by atoms with Gasteiger partial charge in [0.1, 0.15) is 5.75 Å². The number of halogens is 3. The molecule has 0 aliphatic carbocycles. The number of anilines is 2. The van der Waals surface area contributed by atoms with E-state index in [0.29, 0.717) is 22.5 Å². The molecule has 1 heterocycles. The zero-order valence-electron chi connectivity index (χ0n) is 22.5. The van der Waals surface area contributed by atoms with Crippen LogP contribution in [0.25, 0.3) is 22.3 Å². The fourth-order valence-corrected chi connectivity index (χ4v) is 4.43. The standard InChI is InChI=1S/C32H25F3N4O3/c1-19-28(38-30(41)27-6-4-3-5-26(27)22-7-13-23(14-8-22)32(33,34)35)37-29(39(19)2)31(42)36-24-15-9-20(10-16-24)21-11-17-25(40)18-12-21/h3-18,40H,1-2H3,(H,36,42)(H,38,41). The minimum Gasteiger partial charge on any atom is -0.508 e. The maximum atomic E-state index is 13.3. The van der Waals surface area contributed by atoms with Crippen LogP contribution in [0.2, 0.25) is 0 Å². The zero-order chi connectivity index (χ0) is 30.0. The van der Waals surface area contributed by atoms with Crippen molar-refractivity contribution in [1.82, 2.24) is 9.55 Å². The van der Waals surface area contributed by atoms with E-state index in [-0.39, 0.29) is 23.0 Å². The maximum absolute atomic E-state index is 13.3. The molecule has 0 saturated heterocycles. The van der Waals surface area contributed by atoms with Gasteiger partial charge in [0, 0.05) is 18.3 Å². The molecule has 5 rings (SSSR count). The first-order valence-electron chi connectivity index (χ1n) is 12.8. The predicted octanol–water partition coefficient (Wildman–Crippen LogP) is 7.29. The minimum atomic E-state index is -4.47.